The maximum Gasteiger partial charge on any atom is 0.311 e. The summed E-state index contributed by atoms with van der Waals surface area (Å²) in [6.45, 7) is 3.70. The predicted molar refractivity (Wildman–Crippen MR) is 105 cm³/mol. The van der Waals surface area contributed by atoms with Crippen molar-refractivity contribution in [2.24, 2.45) is 0 Å². The van der Waals surface area contributed by atoms with Crippen LogP contribution in [0.2, 0.25) is 10.0 Å². The Bertz CT molecular complexity index is 879. The minimum atomic E-state index is -0.740. The van der Waals surface area contributed by atoms with E-state index >= 15 is 0 Å². The molecule has 0 fully saturated rings. The summed E-state index contributed by atoms with van der Waals surface area (Å²) in [6.07, 6.45) is -0.106. The van der Waals surface area contributed by atoms with Crippen LogP contribution in [0.5, 0.6) is 17.2 Å². The standard InChI is InChI=1S/C20H18Cl2O6/c1-12(2)26-16-5-3-4-6-17(16)27-18(24)7-8-19(25)28-20-13(11-23)9-14(21)10-15(20)22/h3-6,9-12H,7-8H2,1-2H3. The molecule has 6 nitrogen and oxygen atoms in total. The molecule has 0 saturated carbocycles. The monoisotopic (exact) mass is 424 g/mol. The summed E-state index contributed by atoms with van der Waals surface area (Å²) < 4.78 is 15.9. The summed E-state index contributed by atoms with van der Waals surface area (Å²) in [5, 5.41) is 0.253. The molecule has 0 spiro atoms. The lowest BCUT2D eigenvalue weighted by Crippen LogP contribution is -2.15. The smallest absolute Gasteiger partial charge is 0.311 e. The van der Waals surface area contributed by atoms with Gasteiger partial charge in [0.1, 0.15) is 0 Å². The lowest BCUT2D eigenvalue weighted by Gasteiger charge is -2.13. The van der Waals surface area contributed by atoms with Gasteiger partial charge in [0.25, 0.3) is 0 Å². The van der Waals surface area contributed by atoms with E-state index in [0.29, 0.717) is 12.0 Å². The van der Waals surface area contributed by atoms with Crippen LogP contribution in [0.25, 0.3) is 0 Å². The predicted octanol–water partition coefficient (Wildman–Crippen LogP) is 4.88. The molecule has 0 atom stereocenters. The van der Waals surface area contributed by atoms with Crippen molar-refractivity contribution in [1.29, 1.82) is 0 Å². The summed E-state index contributed by atoms with van der Waals surface area (Å²) in [6, 6.07) is 9.40. The van der Waals surface area contributed by atoms with Crippen LogP contribution in [0, 0.1) is 0 Å². The van der Waals surface area contributed by atoms with Crippen molar-refractivity contribution in [2.45, 2.75) is 32.8 Å². The third kappa shape index (κ3) is 6.25. The molecule has 0 aromatic heterocycles. The van der Waals surface area contributed by atoms with Crippen LogP contribution < -0.4 is 14.2 Å². The van der Waals surface area contributed by atoms with E-state index in [1.165, 1.54) is 12.1 Å². The molecule has 2 rings (SSSR count). The van der Waals surface area contributed by atoms with Crippen molar-refractivity contribution in [2.75, 3.05) is 0 Å². The van der Waals surface area contributed by atoms with Crippen molar-refractivity contribution in [3.63, 3.8) is 0 Å². The van der Waals surface area contributed by atoms with Gasteiger partial charge < -0.3 is 14.2 Å². The van der Waals surface area contributed by atoms with Gasteiger partial charge in [-0.15, -0.1) is 0 Å². The van der Waals surface area contributed by atoms with Crippen molar-refractivity contribution in [1.82, 2.24) is 0 Å². The molecule has 0 N–H and O–H groups in total. The van der Waals surface area contributed by atoms with Crippen LogP contribution in [0.3, 0.4) is 0 Å². The summed E-state index contributed by atoms with van der Waals surface area (Å²) in [4.78, 5) is 35.2. The highest BCUT2D eigenvalue weighted by atomic mass is 35.5. The number of aldehydes is 1. The number of hydrogen-bond donors (Lipinski definition) is 0. The number of ether oxygens (including phenoxy) is 3. The summed E-state index contributed by atoms with van der Waals surface area (Å²) in [5.74, 6) is -0.781. The topological polar surface area (TPSA) is 78.9 Å². The van der Waals surface area contributed by atoms with Crippen molar-refractivity contribution in [3.8, 4) is 17.2 Å². The van der Waals surface area contributed by atoms with E-state index in [1.807, 2.05) is 13.8 Å². The Morgan fingerprint density at radius 1 is 1.00 bits per heavy atom. The van der Waals surface area contributed by atoms with Gasteiger partial charge in [0, 0.05) is 5.02 Å². The first-order chi connectivity index (χ1) is 13.3. The van der Waals surface area contributed by atoms with E-state index < -0.39 is 11.9 Å². The van der Waals surface area contributed by atoms with E-state index in [1.54, 1.807) is 24.3 Å². The van der Waals surface area contributed by atoms with Crippen molar-refractivity contribution >= 4 is 41.4 Å². The molecule has 0 unspecified atom stereocenters. The van der Waals surface area contributed by atoms with Crippen molar-refractivity contribution < 1.29 is 28.6 Å². The average molecular weight is 425 g/mol. The fourth-order valence-electron chi connectivity index (χ4n) is 2.20. The molecule has 148 valence electrons. The van der Waals surface area contributed by atoms with Gasteiger partial charge in [-0.25, -0.2) is 0 Å². The molecule has 0 aliphatic carbocycles. The molecular weight excluding hydrogens is 407 g/mol. The maximum absolute atomic E-state index is 12.1. The lowest BCUT2D eigenvalue weighted by atomic mass is 10.2. The molecule has 0 bridgehead atoms. The van der Waals surface area contributed by atoms with Crippen molar-refractivity contribution in [3.05, 3.63) is 52.0 Å². The molecule has 2 aromatic rings. The second-order valence-corrected chi connectivity index (χ2v) is 6.83. The number of hydrogen-bond acceptors (Lipinski definition) is 6. The molecule has 0 saturated heterocycles. The fourth-order valence-corrected chi connectivity index (χ4v) is 2.75. The van der Waals surface area contributed by atoms with Crippen LogP contribution in [0.1, 0.15) is 37.0 Å². The van der Waals surface area contributed by atoms with Gasteiger partial charge in [-0.05, 0) is 38.1 Å². The molecule has 0 aliphatic rings. The highest BCUT2D eigenvalue weighted by molar-refractivity contribution is 6.36. The van der Waals surface area contributed by atoms with Gasteiger partial charge in [0.05, 0.1) is 29.5 Å². The molecule has 0 heterocycles. The molecule has 28 heavy (non-hydrogen) atoms. The van der Waals surface area contributed by atoms with Gasteiger partial charge in [-0.2, -0.15) is 0 Å². The van der Waals surface area contributed by atoms with E-state index in [-0.39, 0.29) is 46.1 Å². The Labute approximate surface area is 172 Å². The quantitative estimate of drug-likeness (QED) is 0.341. The van der Waals surface area contributed by atoms with Crippen LogP contribution in [-0.2, 0) is 9.59 Å². The second kappa shape index (κ2) is 10.1. The van der Waals surface area contributed by atoms with Crippen LogP contribution in [0.4, 0.5) is 0 Å². The highest BCUT2D eigenvalue weighted by Crippen LogP contribution is 2.32. The Morgan fingerprint density at radius 3 is 2.21 bits per heavy atom. The number of carbonyl (C=O) groups is 3. The van der Waals surface area contributed by atoms with Gasteiger partial charge in [-0.3, -0.25) is 14.4 Å². The average Bonchev–Trinajstić information content (AvgIpc) is 2.63. The number of benzene rings is 2. The zero-order valence-electron chi connectivity index (χ0n) is 15.2. The summed E-state index contributed by atoms with van der Waals surface area (Å²) in [7, 11) is 0. The van der Waals surface area contributed by atoms with E-state index in [4.69, 9.17) is 37.4 Å². The Morgan fingerprint density at radius 2 is 1.61 bits per heavy atom. The lowest BCUT2D eigenvalue weighted by molar-refractivity contribution is -0.140. The first-order valence-electron chi connectivity index (χ1n) is 8.41. The Kier molecular flexibility index (Phi) is 7.84. The van der Waals surface area contributed by atoms with Crippen LogP contribution in [-0.4, -0.2) is 24.3 Å². The molecular formula is C20H18Cl2O6. The number of halogens is 2. The normalized spacial score (nSPS) is 10.5. The minimum absolute atomic E-state index is 0.0188. The van der Waals surface area contributed by atoms with Gasteiger partial charge in [-0.1, -0.05) is 35.3 Å². The SMILES string of the molecule is CC(C)Oc1ccccc1OC(=O)CCC(=O)Oc1c(Cl)cc(Cl)cc1C=O. The number of esters is 2. The highest BCUT2D eigenvalue weighted by Gasteiger charge is 2.17. The van der Waals surface area contributed by atoms with E-state index in [0.717, 1.165) is 0 Å². The molecule has 0 amide bonds. The Hall–Kier alpha value is -2.57. The minimum Gasteiger partial charge on any atom is -0.487 e. The molecule has 2 aromatic carbocycles. The summed E-state index contributed by atoms with van der Waals surface area (Å²) >= 11 is 11.8. The molecule has 0 radical (unpaired) electrons. The number of rotatable bonds is 8. The van der Waals surface area contributed by atoms with Gasteiger partial charge in [0.2, 0.25) is 0 Å². The fraction of sp³-hybridized carbons (Fsp3) is 0.250. The third-order valence-corrected chi connectivity index (χ3v) is 3.85. The first kappa shape index (κ1) is 21.7. The van der Waals surface area contributed by atoms with E-state index in [9.17, 15) is 14.4 Å². The van der Waals surface area contributed by atoms with Crippen LogP contribution in [0.15, 0.2) is 36.4 Å². The number of para-hydroxylation sites is 2. The largest absolute Gasteiger partial charge is 0.487 e. The Balaban J connectivity index is 1.95. The zero-order valence-corrected chi connectivity index (χ0v) is 16.8. The first-order valence-corrected chi connectivity index (χ1v) is 9.17. The van der Waals surface area contributed by atoms with Crippen LogP contribution >= 0.6 is 23.2 Å². The van der Waals surface area contributed by atoms with Gasteiger partial charge >= 0.3 is 11.9 Å². The maximum atomic E-state index is 12.1. The molecule has 8 heteroatoms. The third-order valence-electron chi connectivity index (χ3n) is 3.35. The zero-order chi connectivity index (χ0) is 20.7. The van der Waals surface area contributed by atoms with Gasteiger partial charge in [0.15, 0.2) is 23.5 Å². The second-order valence-electron chi connectivity index (χ2n) is 5.99. The summed E-state index contributed by atoms with van der Waals surface area (Å²) in [5.41, 5.74) is 0.0354. The number of carbonyl (C=O) groups excluding carboxylic acids is 3. The molecule has 0 aliphatic heterocycles. The van der Waals surface area contributed by atoms with E-state index in [2.05, 4.69) is 0 Å².